The summed E-state index contributed by atoms with van der Waals surface area (Å²) in [6.45, 7) is -1.10. The highest BCUT2D eigenvalue weighted by atomic mass is 16.7. The largest absolute Gasteiger partial charge is 0.493 e. The van der Waals surface area contributed by atoms with E-state index in [1.54, 1.807) is 36.4 Å². The predicted octanol–water partition coefficient (Wildman–Crippen LogP) is -0.239. The Morgan fingerprint density at radius 2 is 1.55 bits per heavy atom. The van der Waals surface area contributed by atoms with Gasteiger partial charge in [0.05, 0.1) is 34.0 Å². The third-order valence-electron chi connectivity index (χ3n) is 6.33. The lowest BCUT2D eigenvalue weighted by atomic mass is 9.99. The number of hydrogen-bond acceptors (Lipinski definition) is 12. The van der Waals surface area contributed by atoms with E-state index in [1.807, 2.05) is 0 Å². The van der Waals surface area contributed by atoms with Crippen molar-refractivity contribution < 1.29 is 59.1 Å². The Kier molecular flexibility index (Phi) is 8.95. The van der Waals surface area contributed by atoms with Crippen LogP contribution in [-0.2, 0) is 4.74 Å². The Morgan fingerprint density at radius 1 is 0.816 bits per heavy atom. The van der Waals surface area contributed by atoms with Crippen LogP contribution in [0.2, 0.25) is 0 Å². The molecule has 7 atom stereocenters. The normalized spacial score (nSPS) is 28.8. The van der Waals surface area contributed by atoms with Gasteiger partial charge in [-0.3, -0.25) is 0 Å². The number of methoxy groups -OCH3 is 2. The zero-order chi connectivity index (χ0) is 27.4. The Balaban J connectivity index is 1.61. The fourth-order valence-corrected chi connectivity index (χ4v) is 4.33. The van der Waals surface area contributed by atoms with Gasteiger partial charge in [-0.1, -0.05) is 18.2 Å². The minimum atomic E-state index is -1.59. The van der Waals surface area contributed by atoms with E-state index in [0.717, 1.165) is 0 Å². The molecule has 0 aromatic heterocycles. The number of aliphatic hydroxyl groups is 6. The van der Waals surface area contributed by atoms with Gasteiger partial charge in [-0.05, 0) is 29.8 Å². The molecule has 38 heavy (non-hydrogen) atoms. The van der Waals surface area contributed by atoms with Gasteiger partial charge in [-0.25, -0.2) is 0 Å². The summed E-state index contributed by atoms with van der Waals surface area (Å²) in [5.74, 6) is 1.48. The molecule has 2 aromatic rings. The number of fused-ring (bicyclic) bond motifs is 1. The monoisotopic (exact) mass is 536 g/mol. The van der Waals surface area contributed by atoms with Crippen LogP contribution in [-0.4, -0.2) is 101 Å². The average Bonchev–Trinajstić information content (AvgIpc) is 2.95. The molecule has 12 nitrogen and oxygen atoms in total. The van der Waals surface area contributed by atoms with E-state index in [2.05, 4.69) is 0 Å². The van der Waals surface area contributed by atoms with Crippen LogP contribution in [0.25, 0.3) is 6.08 Å². The standard InChI is InChI=1S/C26H32O12/c1-33-16-10-14(5-6-15(16)37-26-23(32)22(31)21(30)19(11-28)38-26)24-20(12-29)36-25-17(34-2)8-13(4-3-7-27)9-18(25)35-24/h3-6,8-10,19-24,26-32H,7,11-12H2,1-2H3. The number of benzene rings is 2. The quantitative estimate of drug-likeness (QED) is 0.248. The van der Waals surface area contributed by atoms with Crippen LogP contribution < -0.4 is 23.7 Å². The van der Waals surface area contributed by atoms with Crippen molar-refractivity contribution in [1.29, 1.82) is 0 Å². The zero-order valence-electron chi connectivity index (χ0n) is 20.8. The summed E-state index contributed by atoms with van der Waals surface area (Å²) >= 11 is 0. The van der Waals surface area contributed by atoms with E-state index in [4.69, 9.17) is 33.5 Å². The lowest BCUT2D eigenvalue weighted by Gasteiger charge is -2.39. The predicted molar refractivity (Wildman–Crippen MR) is 131 cm³/mol. The molecule has 0 spiro atoms. The van der Waals surface area contributed by atoms with E-state index < -0.39 is 49.5 Å². The van der Waals surface area contributed by atoms with Crippen LogP contribution in [0.4, 0.5) is 0 Å². The molecule has 6 N–H and O–H groups in total. The van der Waals surface area contributed by atoms with E-state index in [9.17, 15) is 25.5 Å². The maximum Gasteiger partial charge on any atom is 0.229 e. The van der Waals surface area contributed by atoms with Gasteiger partial charge in [0.1, 0.15) is 24.4 Å². The SMILES string of the molecule is COc1cc(C2Oc3cc(C=CCO)cc(OC)c3OC2CO)ccc1OC1OC(CO)C(O)C(O)C1O. The van der Waals surface area contributed by atoms with Gasteiger partial charge in [0.2, 0.25) is 12.0 Å². The van der Waals surface area contributed by atoms with Gasteiger partial charge >= 0.3 is 0 Å². The van der Waals surface area contributed by atoms with Gasteiger partial charge < -0.3 is 59.1 Å². The van der Waals surface area contributed by atoms with Crippen LogP contribution in [0, 0.1) is 0 Å². The second-order valence-electron chi connectivity index (χ2n) is 8.74. The Morgan fingerprint density at radius 3 is 2.21 bits per heavy atom. The lowest BCUT2D eigenvalue weighted by Crippen LogP contribution is -2.60. The molecular formula is C26H32O12. The summed E-state index contributed by atoms with van der Waals surface area (Å²) in [5.41, 5.74) is 1.28. The Labute approximate surface area is 218 Å². The van der Waals surface area contributed by atoms with Crippen molar-refractivity contribution in [2.24, 2.45) is 0 Å². The van der Waals surface area contributed by atoms with Crippen LogP contribution >= 0.6 is 0 Å². The summed E-state index contributed by atoms with van der Waals surface area (Å²) < 4.78 is 34.3. The second kappa shape index (κ2) is 12.2. The molecule has 0 aliphatic carbocycles. The second-order valence-corrected chi connectivity index (χ2v) is 8.74. The molecule has 0 saturated carbocycles. The summed E-state index contributed by atoms with van der Waals surface area (Å²) in [5, 5.41) is 58.9. The minimum absolute atomic E-state index is 0.136. The number of hydrogen-bond donors (Lipinski definition) is 6. The summed E-state index contributed by atoms with van der Waals surface area (Å²) in [6.07, 6.45) is -5.51. The lowest BCUT2D eigenvalue weighted by molar-refractivity contribution is -0.277. The highest BCUT2D eigenvalue weighted by molar-refractivity contribution is 5.63. The van der Waals surface area contributed by atoms with Gasteiger partial charge in [-0.15, -0.1) is 0 Å². The minimum Gasteiger partial charge on any atom is -0.493 e. The number of ether oxygens (including phenoxy) is 6. The van der Waals surface area contributed by atoms with Crippen molar-refractivity contribution in [3.05, 3.63) is 47.5 Å². The fraction of sp³-hybridized carbons (Fsp3) is 0.462. The first-order valence-electron chi connectivity index (χ1n) is 11.9. The molecule has 12 heteroatoms. The summed E-state index contributed by atoms with van der Waals surface area (Å²) in [7, 11) is 2.89. The van der Waals surface area contributed by atoms with Crippen molar-refractivity contribution in [3.8, 4) is 28.7 Å². The van der Waals surface area contributed by atoms with Gasteiger partial charge in [-0.2, -0.15) is 0 Å². The molecular weight excluding hydrogens is 504 g/mol. The summed E-state index contributed by atoms with van der Waals surface area (Å²) in [4.78, 5) is 0. The van der Waals surface area contributed by atoms with Crippen LogP contribution in [0.15, 0.2) is 36.4 Å². The van der Waals surface area contributed by atoms with Gasteiger partial charge in [0, 0.05) is 5.56 Å². The number of rotatable bonds is 9. The highest BCUT2D eigenvalue weighted by Gasteiger charge is 2.45. The van der Waals surface area contributed by atoms with Crippen molar-refractivity contribution >= 4 is 6.08 Å². The van der Waals surface area contributed by atoms with E-state index >= 15 is 0 Å². The third-order valence-corrected chi connectivity index (χ3v) is 6.33. The molecule has 1 fully saturated rings. The summed E-state index contributed by atoms with van der Waals surface area (Å²) in [6, 6.07) is 8.23. The third kappa shape index (κ3) is 5.52. The first kappa shape index (κ1) is 27.9. The van der Waals surface area contributed by atoms with E-state index in [1.165, 1.54) is 20.3 Å². The van der Waals surface area contributed by atoms with Crippen molar-refractivity contribution in [1.82, 2.24) is 0 Å². The average molecular weight is 537 g/mol. The molecule has 4 rings (SSSR count). The molecule has 2 heterocycles. The van der Waals surface area contributed by atoms with Crippen LogP contribution in [0.1, 0.15) is 17.2 Å². The van der Waals surface area contributed by atoms with Crippen LogP contribution in [0.5, 0.6) is 28.7 Å². The molecule has 0 amide bonds. The highest BCUT2D eigenvalue weighted by Crippen LogP contribution is 2.47. The Bertz CT molecular complexity index is 1120. The van der Waals surface area contributed by atoms with E-state index in [-0.39, 0.29) is 24.7 Å². The molecule has 7 unspecified atom stereocenters. The first-order chi connectivity index (χ1) is 18.3. The molecule has 2 aliphatic heterocycles. The molecule has 0 bridgehead atoms. The molecule has 2 aliphatic rings. The van der Waals surface area contributed by atoms with Crippen LogP contribution in [0.3, 0.4) is 0 Å². The molecule has 2 aromatic carbocycles. The van der Waals surface area contributed by atoms with Gasteiger partial charge in [0.25, 0.3) is 0 Å². The number of aliphatic hydroxyl groups excluding tert-OH is 6. The Hall–Kier alpha value is -3.10. The van der Waals surface area contributed by atoms with Crippen molar-refractivity contribution in [2.75, 3.05) is 34.0 Å². The van der Waals surface area contributed by atoms with E-state index in [0.29, 0.717) is 28.4 Å². The van der Waals surface area contributed by atoms with Crippen molar-refractivity contribution in [3.63, 3.8) is 0 Å². The topological polar surface area (TPSA) is 177 Å². The van der Waals surface area contributed by atoms with Gasteiger partial charge in [0.15, 0.2) is 35.2 Å². The zero-order valence-corrected chi connectivity index (χ0v) is 20.8. The first-order valence-corrected chi connectivity index (χ1v) is 11.9. The molecule has 0 radical (unpaired) electrons. The smallest absolute Gasteiger partial charge is 0.229 e. The maximum absolute atomic E-state index is 10.3. The molecule has 1 saturated heterocycles. The maximum atomic E-state index is 10.3. The van der Waals surface area contributed by atoms with Crippen molar-refractivity contribution in [2.45, 2.75) is 42.9 Å². The fourth-order valence-electron chi connectivity index (χ4n) is 4.33. The molecule has 208 valence electrons.